The Balaban J connectivity index is 1.47. The van der Waals surface area contributed by atoms with E-state index < -0.39 is 8.38 Å². The van der Waals surface area contributed by atoms with Crippen molar-refractivity contribution < 1.29 is 9.05 Å². The summed E-state index contributed by atoms with van der Waals surface area (Å²) in [5, 5.41) is 0. The Morgan fingerprint density at radius 2 is 0.800 bits per heavy atom. The molecule has 0 atom stereocenters. The van der Waals surface area contributed by atoms with Crippen LogP contribution in [0.25, 0.3) is 0 Å². The molecule has 2 nitrogen and oxygen atoms in total. The lowest BCUT2D eigenvalue weighted by Crippen LogP contribution is -1.98. The Morgan fingerprint density at radius 1 is 0.457 bits per heavy atom. The zero-order valence-corrected chi connectivity index (χ0v) is 23.4. The molecule has 2 aromatic carbocycles. The lowest BCUT2D eigenvalue weighted by molar-refractivity contribution is 0.235. The maximum atomic E-state index is 6.22. The summed E-state index contributed by atoms with van der Waals surface area (Å²) in [6.45, 7) is 3.57. The van der Waals surface area contributed by atoms with Crippen molar-refractivity contribution in [3.8, 4) is 0 Å². The molecule has 0 aliphatic rings. The monoisotopic (exact) mass is 498 g/mol. The summed E-state index contributed by atoms with van der Waals surface area (Å²) in [6.07, 6.45) is 23.4. The van der Waals surface area contributed by atoms with E-state index in [9.17, 15) is 0 Å². The molecule has 0 bridgehead atoms. The number of rotatable bonds is 23. The van der Waals surface area contributed by atoms with E-state index in [4.69, 9.17) is 9.05 Å². The molecule has 0 heterocycles. The normalized spacial score (nSPS) is 11.4. The number of hydrogen-bond donors (Lipinski definition) is 0. The Kier molecular flexibility index (Phi) is 18.9. The summed E-state index contributed by atoms with van der Waals surface area (Å²) in [4.78, 5) is 0. The van der Waals surface area contributed by atoms with Crippen molar-refractivity contribution in [1.82, 2.24) is 0 Å². The first-order chi connectivity index (χ1) is 17.4. The van der Waals surface area contributed by atoms with Gasteiger partial charge in [-0.15, -0.1) is 0 Å². The van der Waals surface area contributed by atoms with Crippen LogP contribution in [0.3, 0.4) is 0 Å². The maximum absolute atomic E-state index is 6.22. The molecule has 196 valence electrons. The topological polar surface area (TPSA) is 18.5 Å². The highest BCUT2D eigenvalue weighted by Crippen LogP contribution is 2.41. The predicted octanol–water partition coefficient (Wildman–Crippen LogP) is 11.0. The number of benzene rings is 2. The second-order valence-corrected chi connectivity index (χ2v) is 11.5. The van der Waals surface area contributed by atoms with Crippen LogP contribution < -0.4 is 0 Å². The van der Waals surface area contributed by atoms with Crippen LogP contribution in [0.5, 0.6) is 0 Å². The van der Waals surface area contributed by atoms with Gasteiger partial charge >= 0.3 is 0 Å². The highest BCUT2D eigenvalue weighted by Gasteiger charge is 2.11. The first kappa shape index (κ1) is 30.0. The Labute approximate surface area is 218 Å². The lowest BCUT2D eigenvalue weighted by atomic mass is 10.0. The van der Waals surface area contributed by atoms with Crippen LogP contribution in [0.4, 0.5) is 0 Å². The molecular formula is C32H51O2P. The van der Waals surface area contributed by atoms with E-state index in [2.05, 4.69) is 67.6 Å². The lowest BCUT2D eigenvalue weighted by Gasteiger charge is -2.18. The second-order valence-electron chi connectivity index (χ2n) is 9.88. The Morgan fingerprint density at radius 3 is 1.17 bits per heavy atom. The van der Waals surface area contributed by atoms with Gasteiger partial charge in [-0.05, 0) is 17.5 Å². The molecule has 2 rings (SSSR count). The van der Waals surface area contributed by atoms with Crippen LogP contribution in [0.1, 0.15) is 121 Å². The second kappa shape index (κ2) is 22.0. The van der Waals surface area contributed by atoms with Crippen molar-refractivity contribution in [3.63, 3.8) is 0 Å². The van der Waals surface area contributed by atoms with Crippen LogP contribution >= 0.6 is 8.38 Å². The minimum absolute atomic E-state index is 0.639. The third-order valence-corrected chi connectivity index (χ3v) is 8.15. The molecule has 0 aromatic heterocycles. The molecule has 0 radical (unpaired) electrons. The van der Waals surface area contributed by atoms with E-state index in [0.717, 1.165) is 6.16 Å². The van der Waals surface area contributed by atoms with Crippen molar-refractivity contribution in [2.75, 3.05) is 6.16 Å². The quantitative estimate of drug-likeness (QED) is 0.112. The molecule has 0 aliphatic heterocycles. The van der Waals surface area contributed by atoms with Gasteiger partial charge in [0.25, 0.3) is 0 Å². The largest absolute Gasteiger partial charge is 0.329 e. The van der Waals surface area contributed by atoms with E-state index in [0.29, 0.717) is 13.2 Å². The molecule has 0 spiro atoms. The number of unbranched alkanes of at least 4 members (excludes halogenated alkanes) is 15. The average Bonchev–Trinajstić information content (AvgIpc) is 2.90. The van der Waals surface area contributed by atoms with Crippen molar-refractivity contribution in [2.45, 2.75) is 123 Å². The van der Waals surface area contributed by atoms with Gasteiger partial charge < -0.3 is 9.05 Å². The Hall–Kier alpha value is -1.21. The van der Waals surface area contributed by atoms with E-state index >= 15 is 0 Å². The molecule has 2 aromatic rings. The number of hydrogen-bond acceptors (Lipinski definition) is 2. The third kappa shape index (κ3) is 17.0. The van der Waals surface area contributed by atoms with Crippen molar-refractivity contribution in [2.24, 2.45) is 0 Å². The smallest absolute Gasteiger partial charge is 0.171 e. The van der Waals surface area contributed by atoms with Crippen LogP contribution in [-0.4, -0.2) is 6.16 Å². The SMILES string of the molecule is CCCCCCCCCCCCCCCCCCP(OCc1ccccc1)OCc1ccccc1. The van der Waals surface area contributed by atoms with Crippen LogP contribution in [0.15, 0.2) is 60.7 Å². The molecule has 0 saturated heterocycles. The maximum Gasteiger partial charge on any atom is 0.171 e. The van der Waals surface area contributed by atoms with Gasteiger partial charge in [-0.2, -0.15) is 0 Å². The van der Waals surface area contributed by atoms with Gasteiger partial charge in [-0.1, -0.05) is 164 Å². The fraction of sp³-hybridized carbons (Fsp3) is 0.625. The molecule has 0 amide bonds. The minimum Gasteiger partial charge on any atom is -0.329 e. The van der Waals surface area contributed by atoms with Gasteiger partial charge in [0.1, 0.15) is 0 Å². The molecule has 0 N–H and O–H groups in total. The standard InChI is InChI=1S/C32H51O2P/c1-2-3-4-5-6-7-8-9-10-11-12-13-14-15-16-23-28-35(33-29-31-24-19-17-20-25-31)34-30-32-26-21-18-22-27-32/h17-22,24-27H,2-16,23,28-30H2,1H3. The van der Waals surface area contributed by atoms with Gasteiger partial charge in [-0.25, -0.2) is 0 Å². The first-order valence-electron chi connectivity index (χ1n) is 14.5. The van der Waals surface area contributed by atoms with Gasteiger partial charge in [0.15, 0.2) is 8.38 Å². The van der Waals surface area contributed by atoms with Crippen LogP contribution in [0, 0.1) is 0 Å². The molecule has 0 aliphatic carbocycles. The van der Waals surface area contributed by atoms with Crippen LogP contribution in [-0.2, 0) is 22.3 Å². The average molecular weight is 499 g/mol. The van der Waals surface area contributed by atoms with E-state index in [1.54, 1.807) is 0 Å². The minimum atomic E-state index is -0.851. The summed E-state index contributed by atoms with van der Waals surface area (Å²) in [5.41, 5.74) is 2.44. The summed E-state index contributed by atoms with van der Waals surface area (Å²) < 4.78 is 12.4. The summed E-state index contributed by atoms with van der Waals surface area (Å²) in [6, 6.07) is 20.9. The van der Waals surface area contributed by atoms with Crippen molar-refractivity contribution >= 4 is 8.38 Å². The summed E-state index contributed by atoms with van der Waals surface area (Å²) >= 11 is 0. The first-order valence-corrected chi connectivity index (χ1v) is 15.9. The summed E-state index contributed by atoms with van der Waals surface area (Å²) in [5.74, 6) is 0. The fourth-order valence-electron chi connectivity index (χ4n) is 4.40. The van der Waals surface area contributed by atoms with Gasteiger partial charge in [0.2, 0.25) is 0 Å². The predicted molar refractivity (Wildman–Crippen MR) is 154 cm³/mol. The van der Waals surface area contributed by atoms with Crippen molar-refractivity contribution in [3.05, 3.63) is 71.8 Å². The molecular weight excluding hydrogens is 447 g/mol. The molecule has 0 fully saturated rings. The fourth-order valence-corrected chi connectivity index (χ4v) is 5.80. The van der Waals surface area contributed by atoms with Gasteiger partial charge in [0, 0.05) is 6.16 Å². The highest BCUT2D eigenvalue weighted by atomic mass is 31.2. The summed E-state index contributed by atoms with van der Waals surface area (Å²) in [7, 11) is -0.851. The van der Waals surface area contributed by atoms with E-state index in [-0.39, 0.29) is 0 Å². The van der Waals surface area contributed by atoms with Crippen LogP contribution in [0.2, 0.25) is 0 Å². The highest BCUT2D eigenvalue weighted by molar-refractivity contribution is 7.47. The van der Waals surface area contributed by atoms with Gasteiger partial charge in [-0.3, -0.25) is 0 Å². The Bertz CT molecular complexity index is 648. The van der Waals surface area contributed by atoms with E-state index in [1.165, 1.54) is 114 Å². The van der Waals surface area contributed by atoms with Crippen molar-refractivity contribution in [1.29, 1.82) is 0 Å². The zero-order valence-electron chi connectivity index (χ0n) is 22.5. The zero-order chi connectivity index (χ0) is 24.7. The third-order valence-electron chi connectivity index (χ3n) is 6.63. The van der Waals surface area contributed by atoms with E-state index in [1.807, 2.05) is 0 Å². The van der Waals surface area contributed by atoms with Gasteiger partial charge in [0.05, 0.1) is 13.2 Å². The molecule has 35 heavy (non-hydrogen) atoms. The molecule has 0 saturated carbocycles. The molecule has 0 unspecified atom stereocenters. The molecule has 3 heteroatoms.